The predicted molar refractivity (Wildman–Crippen MR) is 426 cm³/mol. The van der Waals surface area contributed by atoms with Gasteiger partial charge in [0.2, 0.25) is 21.7 Å². The summed E-state index contributed by atoms with van der Waals surface area (Å²) in [5.41, 5.74) is 26.5. The summed E-state index contributed by atoms with van der Waals surface area (Å²) in [7, 11) is 0. The van der Waals surface area contributed by atoms with E-state index in [0.29, 0.717) is 212 Å². The van der Waals surface area contributed by atoms with Crippen molar-refractivity contribution < 1.29 is 86.3 Å². The lowest BCUT2D eigenvalue weighted by Gasteiger charge is -2.15. The zero-order chi connectivity index (χ0) is 81.7. The first-order valence-electron chi connectivity index (χ1n) is 36.9. The first-order chi connectivity index (χ1) is 54.5. The van der Waals surface area contributed by atoms with Crippen LogP contribution in [0.2, 0.25) is 15.1 Å². The second-order valence-electron chi connectivity index (χ2n) is 26.2. The lowest BCUT2D eigenvalue weighted by Crippen LogP contribution is -2.19. The van der Waals surface area contributed by atoms with Gasteiger partial charge >= 0.3 is 23.9 Å². The molecule has 0 radical (unpaired) electrons. The molecule has 4 fully saturated rings. The number of pyridine rings is 4. The molecule has 37 heteroatoms. The number of nitrogens with zero attached hydrogens (tertiary/aromatic N) is 4. The Balaban J connectivity index is 0.000000183. The van der Waals surface area contributed by atoms with E-state index in [0.717, 1.165) is 63.5 Å². The fourth-order valence-electron chi connectivity index (χ4n) is 11.6. The number of aromatic carboxylic acids is 4. The number of carboxylic acid groups (broad SMARTS) is 4. The second-order valence-corrected chi connectivity index (χ2v) is 27.4. The number of hydrogen-bond donors (Lipinski definition) is 12. The van der Waals surface area contributed by atoms with Crippen molar-refractivity contribution in [1.82, 2.24) is 18.3 Å². The van der Waals surface area contributed by atoms with Crippen LogP contribution >= 0.6 is 34.8 Å². The van der Waals surface area contributed by atoms with Gasteiger partial charge in [-0.25, -0.2) is 28.0 Å². The maximum atomic E-state index is 14.5. The van der Waals surface area contributed by atoms with E-state index in [1.807, 2.05) is 9.13 Å². The Labute approximate surface area is 662 Å². The number of anilines is 3. The first kappa shape index (κ1) is 89.8. The van der Waals surface area contributed by atoms with Crippen LogP contribution in [-0.2, 0) is 37.9 Å². The monoisotopic (exact) mass is 1640 g/mol. The Morgan fingerprint density at radius 3 is 0.823 bits per heavy atom. The third-order valence-electron chi connectivity index (χ3n) is 17.6. The van der Waals surface area contributed by atoms with Crippen LogP contribution < -0.4 is 66.3 Å². The maximum Gasteiger partial charge on any atom is 0.341 e. The van der Waals surface area contributed by atoms with Gasteiger partial charge in [-0.1, -0.05) is 34.8 Å². The van der Waals surface area contributed by atoms with Crippen LogP contribution in [0.15, 0.2) is 92.5 Å². The van der Waals surface area contributed by atoms with Gasteiger partial charge in [0.05, 0.1) is 160 Å². The average Bonchev–Trinajstić information content (AvgIpc) is 1.79. The van der Waals surface area contributed by atoms with E-state index in [2.05, 4.69) is 16.0 Å². The van der Waals surface area contributed by atoms with E-state index in [1.54, 1.807) is 39.5 Å². The lowest BCUT2D eigenvalue weighted by molar-refractivity contribution is 0.0538. The highest BCUT2D eigenvalue weighted by Gasteiger charge is 2.32. The molecule has 0 spiro atoms. The number of carbonyl (C=O) groups is 4. The quantitative estimate of drug-likeness (QED) is 0.0164. The van der Waals surface area contributed by atoms with Gasteiger partial charge in [-0.2, -0.15) is 0 Å². The molecule has 12 rings (SSSR count). The molecule has 32 nitrogen and oxygen atoms in total. The molecule has 4 aliphatic rings. The molecule has 4 heterocycles. The summed E-state index contributed by atoms with van der Waals surface area (Å²) in [6.45, 7) is 11.8. The molecule has 8 aromatic rings. The molecule has 4 aromatic heterocycles. The normalized spacial score (nSPS) is 13.6. The predicted octanol–water partition coefficient (Wildman–Crippen LogP) is 7.53. The zero-order valence-corrected chi connectivity index (χ0v) is 64.5. The van der Waals surface area contributed by atoms with Gasteiger partial charge in [-0.05, 0) is 99.9 Å². The van der Waals surface area contributed by atoms with Gasteiger partial charge in [-0.15, -0.1) is 0 Å². The van der Waals surface area contributed by atoms with Crippen LogP contribution in [0.3, 0.4) is 0 Å². The molecule has 616 valence electrons. The van der Waals surface area contributed by atoms with Crippen molar-refractivity contribution in [2.24, 2.45) is 28.7 Å². The fraction of sp³-hybridized carbons (Fsp3) is 0.474. The molecule has 113 heavy (non-hydrogen) atoms. The van der Waals surface area contributed by atoms with Crippen molar-refractivity contribution in [3.05, 3.63) is 163 Å². The average molecular weight is 1640 g/mol. The molecule has 0 aliphatic heterocycles. The number of carboxylic acids is 4. The Hall–Kier alpha value is -8.79. The van der Waals surface area contributed by atoms with Crippen LogP contribution in [0.5, 0.6) is 0 Å². The van der Waals surface area contributed by atoms with Crippen LogP contribution in [0, 0.1) is 11.6 Å². The molecule has 17 N–H and O–H groups in total. The Morgan fingerprint density at radius 1 is 0.336 bits per heavy atom. The number of rotatable bonds is 42. The summed E-state index contributed by atoms with van der Waals surface area (Å²) in [5.74, 6) is -6.41. The van der Waals surface area contributed by atoms with Crippen molar-refractivity contribution in [3.8, 4) is 0 Å². The molecule has 4 aromatic carbocycles. The van der Waals surface area contributed by atoms with Gasteiger partial charge in [0, 0.05) is 123 Å². The topological polar surface area (TPSA) is 477 Å². The van der Waals surface area contributed by atoms with E-state index in [-0.39, 0.29) is 67.9 Å². The summed E-state index contributed by atoms with van der Waals surface area (Å²) >= 11 is 18.5. The minimum atomic E-state index is -1.31. The molecular formula is C76H97Cl3F2N12O20. The minimum Gasteiger partial charge on any atom is -0.477 e. The Morgan fingerprint density at radius 2 is 0.566 bits per heavy atom. The van der Waals surface area contributed by atoms with Gasteiger partial charge in [0.1, 0.15) is 33.9 Å². The van der Waals surface area contributed by atoms with Crippen molar-refractivity contribution in [3.63, 3.8) is 0 Å². The number of aromatic nitrogens is 4. The molecule has 0 atom stereocenters. The standard InChI is InChI=1S/2C19H24ClN3O5.C19H24FN3O5.C13H9ClFNO3.C6H16N2O2/c2*20-15-10-17-13(9-16(15)22-4-6-28-8-7-27-5-3-21)18(24)14(19(25)26)11-23(17)12-1-2-12;20-15-9-13-17(10-16(15)22-4-6-28-8-7-27-5-3-21)23(12-1-2-12)11-14(18(13)24)19(25)26;14-9-4-11-7(3-10(9)15)12(17)8(13(18)19)5-16(11)6-1-2-6;7-1-3-9-5-6-10-4-2-8/h3*9-12,22H,1-8,21H2,(H,25,26);3-6H,1-2H2,(H,18,19);1-8H2. The van der Waals surface area contributed by atoms with Gasteiger partial charge in [0.15, 0.2) is 0 Å². The van der Waals surface area contributed by atoms with Gasteiger partial charge in [0.25, 0.3) is 0 Å². The zero-order valence-electron chi connectivity index (χ0n) is 62.3. The van der Waals surface area contributed by atoms with Crippen LogP contribution in [0.4, 0.5) is 25.8 Å². The molecule has 0 unspecified atom stereocenters. The molecule has 4 saturated carbocycles. The third kappa shape index (κ3) is 26.4. The van der Waals surface area contributed by atoms with E-state index in [1.165, 1.54) is 30.9 Å². The maximum absolute atomic E-state index is 14.5. The third-order valence-corrected chi connectivity index (χ3v) is 18.5. The van der Waals surface area contributed by atoms with E-state index >= 15 is 0 Å². The van der Waals surface area contributed by atoms with E-state index in [9.17, 15) is 62.5 Å². The molecule has 0 bridgehead atoms. The highest BCUT2D eigenvalue weighted by Crippen LogP contribution is 2.42. The summed E-state index contributed by atoms with van der Waals surface area (Å²) in [5, 5.41) is 47.9. The number of nitrogens with one attached hydrogen (secondary N) is 3. The van der Waals surface area contributed by atoms with Crippen molar-refractivity contribution in [2.75, 3.05) is 174 Å². The summed E-state index contributed by atoms with van der Waals surface area (Å²) in [6.07, 6.45) is 13.0. The number of hydrogen-bond acceptors (Lipinski definition) is 24. The molecule has 0 amide bonds. The first-order valence-corrected chi connectivity index (χ1v) is 38.1. The van der Waals surface area contributed by atoms with Gasteiger partial charge in [-0.3, -0.25) is 19.2 Å². The van der Waals surface area contributed by atoms with E-state index in [4.69, 9.17) is 106 Å². The van der Waals surface area contributed by atoms with Crippen LogP contribution in [0.25, 0.3) is 43.6 Å². The van der Waals surface area contributed by atoms with Crippen LogP contribution in [0.1, 0.15) is 117 Å². The SMILES string of the molecule is NCCOCCOCCN.NCCOCCOCCNc1cc2c(=O)c(C(=O)O)cn(C3CC3)c2cc1Cl.NCCOCCOCCNc1cc2c(=O)c(C(=O)O)cn(C3CC3)c2cc1Cl.NCCOCCOCCNc1cc2c(cc1F)c(=O)c(C(=O)O)cn2C1CC1.O=C(O)c1cn(C2CC2)c2cc(Cl)c(F)cc2c1=O. The Kier molecular flexibility index (Phi) is 36.0. The van der Waals surface area contributed by atoms with E-state index < -0.39 is 57.2 Å². The van der Waals surface area contributed by atoms with Gasteiger partial charge < -0.3 is 121 Å². The molecule has 0 saturated heterocycles. The number of ether oxygens (including phenoxy) is 8. The summed E-state index contributed by atoms with van der Waals surface area (Å²) in [6, 6.07) is 12.4. The minimum absolute atomic E-state index is 0.0497. The number of fused-ring (bicyclic) bond motifs is 4. The summed E-state index contributed by atoms with van der Waals surface area (Å²) < 4.78 is 77.1. The van der Waals surface area contributed by atoms with Crippen molar-refractivity contribution in [2.45, 2.75) is 75.5 Å². The highest BCUT2D eigenvalue weighted by atomic mass is 35.5. The van der Waals surface area contributed by atoms with Crippen LogP contribution in [-0.4, -0.2) is 221 Å². The molecule has 4 aliphatic carbocycles. The fourth-order valence-corrected chi connectivity index (χ4v) is 12.2. The smallest absolute Gasteiger partial charge is 0.341 e. The van der Waals surface area contributed by atoms with Crippen molar-refractivity contribution in [1.29, 1.82) is 0 Å². The van der Waals surface area contributed by atoms with Crippen molar-refractivity contribution >= 4 is 119 Å². The largest absolute Gasteiger partial charge is 0.477 e. The highest BCUT2D eigenvalue weighted by molar-refractivity contribution is 6.34. The second kappa shape index (κ2) is 45.3. The number of benzene rings is 4. The number of halogens is 5. The summed E-state index contributed by atoms with van der Waals surface area (Å²) in [4.78, 5) is 95.0. The Bertz CT molecular complexity index is 4670. The lowest BCUT2D eigenvalue weighted by atomic mass is 10.1. The number of nitrogens with two attached hydrogens (primary N) is 5. The molecular weight excluding hydrogens is 1550 g/mol.